The van der Waals surface area contributed by atoms with E-state index in [0.29, 0.717) is 10.4 Å². The van der Waals surface area contributed by atoms with Crippen molar-refractivity contribution < 1.29 is 18.7 Å². The van der Waals surface area contributed by atoms with E-state index in [2.05, 4.69) is 26.0 Å². The van der Waals surface area contributed by atoms with Crippen molar-refractivity contribution in [3.63, 3.8) is 0 Å². The smallest absolute Gasteiger partial charge is 0.328 e. The van der Waals surface area contributed by atoms with Gasteiger partial charge >= 0.3 is 5.97 Å². The maximum absolute atomic E-state index is 11.4. The van der Waals surface area contributed by atoms with Crippen LogP contribution in [0.5, 0.6) is 0 Å². The highest BCUT2D eigenvalue weighted by molar-refractivity contribution is 9.10. The number of carbonyl (C=O) groups excluding carboxylic acids is 2. The molecule has 1 atom stereocenters. The Morgan fingerprint density at radius 2 is 2.24 bits per heavy atom. The van der Waals surface area contributed by atoms with Gasteiger partial charge in [-0.15, -0.1) is 0 Å². The predicted octanol–water partition coefficient (Wildman–Crippen LogP) is 1.73. The SMILES string of the molecule is COC(=O)C(C)NC(=O)/C=C/c1ccc(Br)o1. The number of hydrogen-bond acceptors (Lipinski definition) is 4. The summed E-state index contributed by atoms with van der Waals surface area (Å²) in [4.78, 5) is 22.4. The summed E-state index contributed by atoms with van der Waals surface area (Å²) in [6, 6.07) is 2.74. The van der Waals surface area contributed by atoms with Crippen LogP contribution in [-0.2, 0) is 14.3 Å². The van der Waals surface area contributed by atoms with Crippen LogP contribution in [0.2, 0.25) is 0 Å². The first-order chi connectivity index (χ1) is 8.02. The van der Waals surface area contributed by atoms with Gasteiger partial charge in [0.15, 0.2) is 4.67 Å². The minimum Gasteiger partial charge on any atom is -0.467 e. The van der Waals surface area contributed by atoms with E-state index in [0.717, 1.165) is 0 Å². The van der Waals surface area contributed by atoms with E-state index in [1.54, 1.807) is 19.1 Å². The second-order valence-corrected chi connectivity index (χ2v) is 4.01. The molecule has 5 nitrogen and oxygen atoms in total. The Hall–Kier alpha value is -1.56. The van der Waals surface area contributed by atoms with Gasteiger partial charge in [-0.05, 0) is 41.1 Å². The summed E-state index contributed by atoms with van der Waals surface area (Å²) in [6.45, 7) is 1.54. The molecule has 0 saturated heterocycles. The van der Waals surface area contributed by atoms with Crippen molar-refractivity contribution >= 4 is 33.9 Å². The average Bonchev–Trinajstić information content (AvgIpc) is 2.71. The van der Waals surface area contributed by atoms with Crippen molar-refractivity contribution in [2.24, 2.45) is 0 Å². The van der Waals surface area contributed by atoms with Gasteiger partial charge in [-0.3, -0.25) is 4.79 Å². The van der Waals surface area contributed by atoms with Gasteiger partial charge < -0.3 is 14.5 Å². The Morgan fingerprint density at radius 3 is 2.76 bits per heavy atom. The number of nitrogens with one attached hydrogen (secondary N) is 1. The molecule has 1 heterocycles. The second kappa shape index (κ2) is 6.24. The van der Waals surface area contributed by atoms with E-state index in [1.165, 1.54) is 19.3 Å². The van der Waals surface area contributed by atoms with E-state index < -0.39 is 17.9 Å². The zero-order chi connectivity index (χ0) is 12.8. The molecule has 6 heteroatoms. The largest absolute Gasteiger partial charge is 0.467 e. The van der Waals surface area contributed by atoms with Crippen LogP contribution in [-0.4, -0.2) is 25.0 Å². The van der Waals surface area contributed by atoms with Gasteiger partial charge in [-0.25, -0.2) is 4.79 Å². The molecule has 0 bridgehead atoms. The molecule has 1 unspecified atom stereocenters. The molecule has 1 aromatic rings. The van der Waals surface area contributed by atoms with Crippen LogP contribution in [0.25, 0.3) is 6.08 Å². The molecular formula is C11H12BrNO4. The molecule has 1 aromatic heterocycles. The van der Waals surface area contributed by atoms with Gasteiger partial charge in [-0.2, -0.15) is 0 Å². The molecular weight excluding hydrogens is 290 g/mol. The quantitative estimate of drug-likeness (QED) is 0.679. The number of ether oxygens (including phenoxy) is 1. The van der Waals surface area contributed by atoms with Crippen LogP contribution in [0.1, 0.15) is 12.7 Å². The van der Waals surface area contributed by atoms with Gasteiger partial charge in [0, 0.05) is 6.08 Å². The third-order valence-corrected chi connectivity index (χ3v) is 2.33. The number of halogens is 1. The maximum Gasteiger partial charge on any atom is 0.328 e. The highest BCUT2D eigenvalue weighted by Crippen LogP contribution is 2.14. The molecule has 0 saturated carbocycles. The summed E-state index contributed by atoms with van der Waals surface area (Å²) in [5, 5.41) is 2.45. The predicted molar refractivity (Wildman–Crippen MR) is 65.1 cm³/mol. The first-order valence-electron chi connectivity index (χ1n) is 4.84. The first kappa shape index (κ1) is 13.5. The molecule has 17 heavy (non-hydrogen) atoms. The summed E-state index contributed by atoms with van der Waals surface area (Å²) >= 11 is 3.15. The summed E-state index contributed by atoms with van der Waals surface area (Å²) in [6.07, 6.45) is 2.79. The van der Waals surface area contributed by atoms with Crippen LogP contribution in [0.3, 0.4) is 0 Å². The van der Waals surface area contributed by atoms with Crippen molar-refractivity contribution in [2.75, 3.05) is 7.11 Å². The second-order valence-electron chi connectivity index (χ2n) is 3.23. The number of rotatable bonds is 4. The van der Waals surface area contributed by atoms with Crippen molar-refractivity contribution in [1.29, 1.82) is 0 Å². The van der Waals surface area contributed by atoms with Gasteiger partial charge in [-0.1, -0.05) is 0 Å². The van der Waals surface area contributed by atoms with Crippen LogP contribution < -0.4 is 5.32 Å². The average molecular weight is 302 g/mol. The molecule has 0 aliphatic carbocycles. The third-order valence-electron chi connectivity index (χ3n) is 1.91. The molecule has 0 fully saturated rings. The Labute approximate surface area is 107 Å². The molecule has 1 amide bonds. The number of hydrogen-bond donors (Lipinski definition) is 1. The first-order valence-corrected chi connectivity index (χ1v) is 5.64. The summed E-state index contributed by atoms with van der Waals surface area (Å²) in [5.74, 6) is -0.347. The van der Waals surface area contributed by atoms with Crippen molar-refractivity contribution in [3.05, 3.63) is 28.6 Å². The third kappa shape index (κ3) is 4.44. The van der Waals surface area contributed by atoms with E-state index in [9.17, 15) is 9.59 Å². The molecule has 1 rings (SSSR count). The van der Waals surface area contributed by atoms with Gasteiger partial charge in [0.05, 0.1) is 7.11 Å². The van der Waals surface area contributed by atoms with E-state index in [1.807, 2.05) is 0 Å². The highest BCUT2D eigenvalue weighted by Gasteiger charge is 2.13. The fraction of sp³-hybridized carbons (Fsp3) is 0.273. The Kier molecular flexibility index (Phi) is 4.96. The van der Waals surface area contributed by atoms with Crippen molar-refractivity contribution in [2.45, 2.75) is 13.0 Å². The summed E-state index contributed by atoms with van der Waals surface area (Å²) in [7, 11) is 1.27. The lowest BCUT2D eigenvalue weighted by molar-refractivity contribution is -0.144. The molecule has 0 aromatic carbocycles. The fourth-order valence-electron chi connectivity index (χ4n) is 1.07. The standard InChI is InChI=1S/C11H12BrNO4/c1-7(11(15)16-2)13-10(14)6-4-8-3-5-9(12)17-8/h3-7H,1-2H3,(H,13,14)/b6-4+. The monoisotopic (exact) mass is 301 g/mol. The van der Waals surface area contributed by atoms with Crippen LogP contribution in [0.15, 0.2) is 27.3 Å². The van der Waals surface area contributed by atoms with Gasteiger partial charge in [0.1, 0.15) is 11.8 Å². The summed E-state index contributed by atoms with van der Waals surface area (Å²) < 4.78 is 10.2. The number of amides is 1. The van der Waals surface area contributed by atoms with Crippen molar-refractivity contribution in [1.82, 2.24) is 5.32 Å². The van der Waals surface area contributed by atoms with Crippen LogP contribution in [0.4, 0.5) is 0 Å². The molecule has 0 spiro atoms. The Bertz CT molecular complexity index is 438. The zero-order valence-electron chi connectivity index (χ0n) is 9.40. The molecule has 0 aliphatic rings. The number of methoxy groups -OCH3 is 1. The normalized spacial score (nSPS) is 12.4. The van der Waals surface area contributed by atoms with E-state index in [-0.39, 0.29) is 0 Å². The Balaban J connectivity index is 2.50. The minimum atomic E-state index is -0.680. The molecule has 0 radical (unpaired) electrons. The lowest BCUT2D eigenvalue weighted by Crippen LogP contribution is -2.38. The van der Waals surface area contributed by atoms with Gasteiger partial charge in [0.2, 0.25) is 5.91 Å². The highest BCUT2D eigenvalue weighted by atomic mass is 79.9. The maximum atomic E-state index is 11.4. The number of furan rings is 1. The Morgan fingerprint density at radius 1 is 1.53 bits per heavy atom. The van der Waals surface area contributed by atoms with Crippen LogP contribution >= 0.6 is 15.9 Å². The summed E-state index contributed by atoms with van der Waals surface area (Å²) in [5.41, 5.74) is 0. The van der Waals surface area contributed by atoms with E-state index in [4.69, 9.17) is 4.42 Å². The minimum absolute atomic E-state index is 0.393. The lowest BCUT2D eigenvalue weighted by Gasteiger charge is -2.08. The number of esters is 1. The van der Waals surface area contributed by atoms with Crippen molar-refractivity contribution in [3.8, 4) is 0 Å². The molecule has 1 N–H and O–H groups in total. The molecule has 0 aliphatic heterocycles. The fourth-order valence-corrected chi connectivity index (χ4v) is 1.39. The van der Waals surface area contributed by atoms with E-state index >= 15 is 0 Å². The van der Waals surface area contributed by atoms with Crippen LogP contribution in [0, 0.1) is 0 Å². The van der Waals surface area contributed by atoms with Gasteiger partial charge in [0.25, 0.3) is 0 Å². The topological polar surface area (TPSA) is 68.5 Å². The zero-order valence-corrected chi connectivity index (χ0v) is 11.0. The number of carbonyl (C=O) groups is 2. The lowest BCUT2D eigenvalue weighted by atomic mass is 10.3. The molecule has 92 valence electrons.